The van der Waals surface area contributed by atoms with Crippen LogP contribution < -0.4 is 4.90 Å². The fourth-order valence-electron chi connectivity index (χ4n) is 5.01. The van der Waals surface area contributed by atoms with Crippen molar-refractivity contribution in [3.05, 3.63) is 101 Å². The summed E-state index contributed by atoms with van der Waals surface area (Å²) in [7, 11) is 0. The van der Waals surface area contributed by atoms with E-state index in [1.165, 1.54) is 24.3 Å². The van der Waals surface area contributed by atoms with Gasteiger partial charge in [0.25, 0.3) is 5.91 Å². The second kappa shape index (κ2) is 8.20. The maximum atomic E-state index is 13.3. The second-order valence-electron chi connectivity index (χ2n) is 8.29. The van der Waals surface area contributed by atoms with E-state index in [4.69, 9.17) is 0 Å². The lowest BCUT2D eigenvalue weighted by molar-refractivity contribution is -0.119. The van der Waals surface area contributed by atoms with Crippen molar-refractivity contribution in [2.24, 2.45) is 0 Å². The van der Waals surface area contributed by atoms with Crippen molar-refractivity contribution in [1.29, 1.82) is 0 Å². The standard InChI is InChI=1S/C26H23FN2O3/c27-19-12-10-18(11-13-19)26(32)29-22-15-28(24(31)14-17-6-2-1-3-7-17)21-9-5-4-8-20(21)25(22)23(29)16-30/h1-13,22-23,25,30H,14-16H2/t22-,23-,25+/m1/s1. The molecule has 1 fully saturated rings. The van der Waals surface area contributed by atoms with E-state index >= 15 is 0 Å². The molecule has 0 radical (unpaired) electrons. The van der Waals surface area contributed by atoms with Gasteiger partial charge in [0.05, 0.1) is 25.1 Å². The van der Waals surface area contributed by atoms with Gasteiger partial charge >= 0.3 is 0 Å². The van der Waals surface area contributed by atoms with Crippen LogP contribution in [0.1, 0.15) is 27.4 Å². The molecule has 0 unspecified atom stereocenters. The third-order valence-electron chi connectivity index (χ3n) is 6.51. The lowest BCUT2D eigenvalue weighted by Gasteiger charge is -2.59. The van der Waals surface area contributed by atoms with Crippen LogP contribution in [-0.2, 0) is 11.2 Å². The molecule has 1 saturated heterocycles. The van der Waals surface area contributed by atoms with Gasteiger partial charge in [-0.15, -0.1) is 0 Å². The molecular formula is C26H23FN2O3. The summed E-state index contributed by atoms with van der Waals surface area (Å²) in [4.78, 5) is 29.9. The van der Waals surface area contributed by atoms with Crippen LogP contribution in [-0.4, -0.2) is 47.1 Å². The summed E-state index contributed by atoms with van der Waals surface area (Å²) in [5.74, 6) is -0.767. The number of halogens is 1. The number of hydrogen-bond acceptors (Lipinski definition) is 3. The van der Waals surface area contributed by atoms with Gasteiger partial charge in [-0.3, -0.25) is 9.59 Å². The van der Waals surface area contributed by atoms with Gasteiger partial charge in [-0.2, -0.15) is 0 Å². The largest absolute Gasteiger partial charge is 0.394 e. The maximum absolute atomic E-state index is 13.3. The minimum Gasteiger partial charge on any atom is -0.394 e. The highest BCUT2D eigenvalue weighted by Crippen LogP contribution is 2.48. The van der Waals surface area contributed by atoms with Crippen molar-refractivity contribution in [1.82, 2.24) is 4.90 Å². The summed E-state index contributed by atoms with van der Waals surface area (Å²) in [5.41, 5.74) is 3.09. The van der Waals surface area contributed by atoms with E-state index in [0.29, 0.717) is 12.1 Å². The van der Waals surface area contributed by atoms with E-state index in [1.807, 2.05) is 54.6 Å². The summed E-state index contributed by atoms with van der Waals surface area (Å²) in [6.07, 6.45) is 0.266. The normalized spacial score (nSPS) is 21.4. The number of aliphatic hydroxyl groups excluding tert-OH is 1. The Labute approximate surface area is 185 Å². The van der Waals surface area contributed by atoms with Crippen LogP contribution in [0.4, 0.5) is 10.1 Å². The van der Waals surface area contributed by atoms with Crippen LogP contribution in [0.25, 0.3) is 0 Å². The molecule has 1 N–H and O–H groups in total. The monoisotopic (exact) mass is 430 g/mol. The zero-order chi connectivity index (χ0) is 22.2. The van der Waals surface area contributed by atoms with Crippen molar-refractivity contribution in [2.75, 3.05) is 18.1 Å². The molecule has 3 aromatic rings. The number of carbonyl (C=O) groups is 2. The van der Waals surface area contributed by atoms with E-state index in [-0.39, 0.29) is 42.8 Å². The highest BCUT2D eigenvalue weighted by Gasteiger charge is 2.55. The fraction of sp³-hybridized carbons (Fsp3) is 0.231. The van der Waals surface area contributed by atoms with Crippen LogP contribution in [0.5, 0.6) is 0 Å². The average Bonchev–Trinajstić information content (AvgIpc) is 2.80. The Morgan fingerprint density at radius 1 is 0.938 bits per heavy atom. The zero-order valence-electron chi connectivity index (χ0n) is 17.4. The fourth-order valence-corrected chi connectivity index (χ4v) is 5.01. The van der Waals surface area contributed by atoms with Gasteiger partial charge in [0, 0.05) is 23.7 Å². The van der Waals surface area contributed by atoms with Gasteiger partial charge < -0.3 is 14.9 Å². The molecule has 3 aromatic carbocycles. The minimum absolute atomic E-state index is 0.0382. The molecule has 6 heteroatoms. The van der Waals surface area contributed by atoms with Crippen LogP contribution in [0.2, 0.25) is 0 Å². The molecule has 2 aliphatic heterocycles. The number of likely N-dealkylation sites (tertiary alicyclic amines) is 1. The Morgan fingerprint density at radius 2 is 1.62 bits per heavy atom. The summed E-state index contributed by atoms with van der Waals surface area (Å²) >= 11 is 0. The Morgan fingerprint density at radius 3 is 2.34 bits per heavy atom. The third-order valence-corrected chi connectivity index (χ3v) is 6.51. The van der Waals surface area contributed by atoms with Crippen molar-refractivity contribution in [3.8, 4) is 0 Å². The van der Waals surface area contributed by atoms with Crippen molar-refractivity contribution < 1.29 is 19.1 Å². The van der Waals surface area contributed by atoms with Crippen LogP contribution in [0, 0.1) is 5.82 Å². The molecule has 5 nitrogen and oxygen atoms in total. The summed E-state index contributed by atoms with van der Waals surface area (Å²) in [5, 5.41) is 10.1. The molecule has 0 aliphatic carbocycles. The first-order valence-electron chi connectivity index (χ1n) is 10.7. The number of anilines is 1. The average molecular weight is 430 g/mol. The predicted octanol–water partition coefficient (Wildman–Crippen LogP) is 3.38. The Balaban J connectivity index is 1.47. The molecule has 162 valence electrons. The number of nitrogens with zero attached hydrogens (tertiary/aromatic N) is 2. The first kappa shape index (κ1) is 20.4. The highest BCUT2D eigenvalue weighted by atomic mass is 19.1. The van der Waals surface area contributed by atoms with Crippen molar-refractivity contribution in [2.45, 2.75) is 24.4 Å². The Kier molecular flexibility index (Phi) is 5.23. The SMILES string of the molecule is O=C(Cc1ccccc1)N1C[C@@H]2[C@H](c3ccccc31)[C@@H](CO)N2C(=O)c1ccc(F)cc1. The summed E-state index contributed by atoms with van der Waals surface area (Å²) in [6.45, 7) is 0.178. The first-order chi connectivity index (χ1) is 15.6. The number of aliphatic hydroxyl groups is 1. The van der Waals surface area contributed by atoms with Crippen molar-refractivity contribution in [3.63, 3.8) is 0 Å². The van der Waals surface area contributed by atoms with Crippen LogP contribution >= 0.6 is 0 Å². The van der Waals surface area contributed by atoms with E-state index in [0.717, 1.165) is 16.8 Å². The molecule has 0 spiro atoms. The van der Waals surface area contributed by atoms with Crippen molar-refractivity contribution >= 4 is 17.5 Å². The maximum Gasteiger partial charge on any atom is 0.254 e. The summed E-state index contributed by atoms with van der Waals surface area (Å²) < 4.78 is 13.3. The molecule has 3 atom stereocenters. The second-order valence-corrected chi connectivity index (χ2v) is 8.29. The Hall–Kier alpha value is -3.51. The van der Waals surface area contributed by atoms with Gasteiger partial charge in [-0.25, -0.2) is 4.39 Å². The van der Waals surface area contributed by atoms with Gasteiger partial charge in [-0.05, 0) is 41.5 Å². The van der Waals surface area contributed by atoms with Crippen LogP contribution in [0.3, 0.4) is 0 Å². The number of fused-ring (bicyclic) bond motifs is 3. The molecule has 2 aliphatic rings. The molecule has 2 amide bonds. The molecule has 0 saturated carbocycles. The van der Waals surface area contributed by atoms with E-state index in [1.54, 1.807) is 9.80 Å². The first-order valence-corrected chi connectivity index (χ1v) is 10.7. The van der Waals surface area contributed by atoms with Crippen LogP contribution in [0.15, 0.2) is 78.9 Å². The smallest absolute Gasteiger partial charge is 0.254 e. The third kappa shape index (κ3) is 3.37. The number of benzene rings is 3. The number of carbonyl (C=O) groups excluding carboxylic acids is 2. The van der Waals surface area contributed by atoms with E-state index in [2.05, 4.69) is 0 Å². The van der Waals surface area contributed by atoms with E-state index in [9.17, 15) is 19.1 Å². The van der Waals surface area contributed by atoms with Gasteiger partial charge in [-0.1, -0.05) is 48.5 Å². The Bertz CT molecular complexity index is 1150. The number of hydrogen-bond donors (Lipinski definition) is 1. The van der Waals surface area contributed by atoms with Gasteiger partial charge in [0.2, 0.25) is 5.91 Å². The molecular weight excluding hydrogens is 407 g/mol. The molecule has 0 aromatic heterocycles. The minimum atomic E-state index is -0.411. The van der Waals surface area contributed by atoms with E-state index < -0.39 is 5.82 Å². The van der Waals surface area contributed by atoms with Gasteiger partial charge in [0.1, 0.15) is 5.82 Å². The summed E-state index contributed by atoms with van der Waals surface area (Å²) in [6, 6.07) is 22.1. The molecule has 0 bridgehead atoms. The van der Waals surface area contributed by atoms with Gasteiger partial charge in [0.15, 0.2) is 0 Å². The quantitative estimate of drug-likeness (QED) is 0.690. The number of para-hydroxylation sites is 1. The predicted molar refractivity (Wildman–Crippen MR) is 119 cm³/mol. The number of amides is 2. The lowest BCUT2D eigenvalue weighted by atomic mass is 9.71. The molecule has 2 heterocycles. The highest BCUT2D eigenvalue weighted by molar-refractivity contribution is 5.99. The number of rotatable bonds is 4. The zero-order valence-corrected chi connectivity index (χ0v) is 17.4. The molecule has 5 rings (SSSR count). The topological polar surface area (TPSA) is 60.9 Å². The lowest BCUT2D eigenvalue weighted by Crippen LogP contribution is -2.70. The molecule has 32 heavy (non-hydrogen) atoms.